The molecule has 5 nitrogen and oxygen atoms in total. The Morgan fingerprint density at radius 3 is 2.71 bits per heavy atom. The highest BCUT2D eigenvalue weighted by molar-refractivity contribution is 5.33. The van der Waals surface area contributed by atoms with Crippen molar-refractivity contribution in [3.05, 3.63) is 17.8 Å². The normalized spacial score (nSPS) is 17.0. The second kappa shape index (κ2) is 6.51. The predicted molar refractivity (Wildman–Crippen MR) is 67.2 cm³/mol. The van der Waals surface area contributed by atoms with E-state index >= 15 is 0 Å². The van der Waals surface area contributed by atoms with Crippen LogP contribution in [0.25, 0.3) is 0 Å². The van der Waals surface area contributed by atoms with Gasteiger partial charge in [0.15, 0.2) is 0 Å². The molecule has 1 aromatic heterocycles. The summed E-state index contributed by atoms with van der Waals surface area (Å²) in [7, 11) is 1.93. The van der Waals surface area contributed by atoms with Crippen molar-refractivity contribution in [2.75, 3.05) is 38.7 Å². The van der Waals surface area contributed by atoms with Crippen LogP contribution < -0.4 is 10.6 Å². The third kappa shape index (κ3) is 3.64. The number of likely N-dealkylation sites (N-methyl/N-ethyl adjacent to an activating group) is 1. The van der Waals surface area contributed by atoms with Gasteiger partial charge in [-0.1, -0.05) is 0 Å². The molecule has 1 aliphatic heterocycles. The van der Waals surface area contributed by atoms with Crippen LogP contribution in [-0.2, 0) is 4.74 Å². The van der Waals surface area contributed by atoms with E-state index in [4.69, 9.17) is 4.74 Å². The lowest BCUT2D eigenvalue weighted by Crippen LogP contribution is -2.19. The highest BCUT2D eigenvalue weighted by Gasteiger charge is 2.17. The molecular formula is C12H20N4O. The third-order valence-electron chi connectivity index (χ3n) is 3.01. The summed E-state index contributed by atoms with van der Waals surface area (Å²) in [4.78, 5) is 0. The molecule has 2 heterocycles. The number of rotatable bonds is 5. The maximum atomic E-state index is 5.34. The van der Waals surface area contributed by atoms with Crippen molar-refractivity contribution in [3.8, 4) is 0 Å². The van der Waals surface area contributed by atoms with Crippen LogP contribution in [-0.4, -0.2) is 43.5 Å². The molecule has 5 heteroatoms. The maximum absolute atomic E-state index is 5.34. The molecule has 1 saturated heterocycles. The van der Waals surface area contributed by atoms with Crippen molar-refractivity contribution in [2.24, 2.45) is 0 Å². The molecule has 2 N–H and O–H groups in total. The molecule has 0 amide bonds. The summed E-state index contributed by atoms with van der Waals surface area (Å²) >= 11 is 0. The monoisotopic (exact) mass is 236 g/mol. The van der Waals surface area contributed by atoms with Crippen LogP contribution in [0.3, 0.4) is 0 Å². The van der Waals surface area contributed by atoms with E-state index in [2.05, 4.69) is 26.9 Å². The van der Waals surface area contributed by atoms with E-state index in [-0.39, 0.29) is 0 Å². The molecule has 0 saturated carbocycles. The number of ether oxygens (including phenoxy) is 1. The summed E-state index contributed by atoms with van der Waals surface area (Å²) in [5.41, 5.74) is 1.09. The van der Waals surface area contributed by atoms with Crippen molar-refractivity contribution in [2.45, 2.75) is 18.8 Å². The smallest absolute Gasteiger partial charge is 0.148 e. The Labute approximate surface area is 102 Å². The van der Waals surface area contributed by atoms with E-state index in [1.807, 2.05) is 13.1 Å². The molecule has 1 fully saturated rings. The average molecular weight is 236 g/mol. The zero-order valence-corrected chi connectivity index (χ0v) is 10.3. The van der Waals surface area contributed by atoms with E-state index < -0.39 is 0 Å². The molecule has 0 bridgehead atoms. The van der Waals surface area contributed by atoms with Gasteiger partial charge in [-0.3, -0.25) is 0 Å². The summed E-state index contributed by atoms with van der Waals surface area (Å²) < 4.78 is 5.34. The highest BCUT2D eigenvalue weighted by atomic mass is 16.5. The SMILES string of the molecule is CNCCNc1ccc(C2CCOCC2)nn1. The molecule has 0 unspecified atom stereocenters. The second-order valence-corrected chi connectivity index (χ2v) is 4.26. The Kier molecular flexibility index (Phi) is 4.70. The maximum Gasteiger partial charge on any atom is 0.148 e. The molecule has 0 aromatic carbocycles. The minimum absolute atomic E-state index is 0.516. The minimum atomic E-state index is 0.516. The fourth-order valence-corrected chi connectivity index (χ4v) is 1.96. The number of aromatic nitrogens is 2. The molecule has 1 aromatic rings. The van der Waals surface area contributed by atoms with E-state index in [0.717, 1.165) is 50.7 Å². The number of hydrogen-bond acceptors (Lipinski definition) is 5. The molecule has 0 atom stereocenters. The number of nitrogens with zero attached hydrogens (tertiary/aromatic N) is 2. The fourth-order valence-electron chi connectivity index (χ4n) is 1.96. The first kappa shape index (κ1) is 12.3. The van der Waals surface area contributed by atoms with Gasteiger partial charge in [-0.05, 0) is 32.0 Å². The van der Waals surface area contributed by atoms with Crippen LogP contribution in [0.4, 0.5) is 5.82 Å². The van der Waals surface area contributed by atoms with Gasteiger partial charge in [0.25, 0.3) is 0 Å². The van der Waals surface area contributed by atoms with Crippen molar-refractivity contribution < 1.29 is 4.74 Å². The molecule has 0 aliphatic carbocycles. The highest BCUT2D eigenvalue weighted by Crippen LogP contribution is 2.24. The largest absolute Gasteiger partial charge is 0.381 e. The lowest BCUT2D eigenvalue weighted by molar-refractivity contribution is 0.0843. The third-order valence-corrected chi connectivity index (χ3v) is 3.01. The van der Waals surface area contributed by atoms with Crippen LogP contribution in [0.1, 0.15) is 24.5 Å². The van der Waals surface area contributed by atoms with Crippen LogP contribution in [0, 0.1) is 0 Å². The van der Waals surface area contributed by atoms with Gasteiger partial charge in [-0.25, -0.2) is 0 Å². The Balaban J connectivity index is 1.88. The lowest BCUT2D eigenvalue weighted by Gasteiger charge is -2.21. The second-order valence-electron chi connectivity index (χ2n) is 4.26. The van der Waals surface area contributed by atoms with Gasteiger partial charge in [0.2, 0.25) is 0 Å². The van der Waals surface area contributed by atoms with E-state index in [1.54, 1.807) is 0 Å². The summed E-state index contributed by atoms with van der Waals surface area (Å²) in [6, 6.07) is 4.08. The summed E-state index contributed by atoms with van der Waals surface area (Å²) in [6.45, 7) is 3.47. The van der Waals surface area contributed by atoms with Crippen molar-refractivity contribution in [1.82, 2.24) is 15.5 Å². The molecule has 2 rings (SSSR count). The van der Waals surface area contributed by atoms with Gasteiger partial charge < -0.3 is 15.4 Å². The Morgan fingerprint density at radius 2 is 2.06 bits per heavy atom. The number of anilines is 1. The summed E-state index contributed by atoms with van der Waals surface area (Å²) in [5.74, 6) is 1.36. The van der Waals surface area contributed by atoms with Crippen LogP contribution in [0.15, 0.2) is 12.1 Å². The molecule has 17 heavy (non-hydrogen) atoms. The fraction of sp³-hybridized carbons (Fsp3) is 0.667. The standard InChI is InChI=1S/C12H20N4O/c1-13-6-7-14-12-3-2-11(15-16-12)10-4-8-17-9-5-10/h2-3,10,13H,4-9H2,1H3,(H,14,16). The van der Waals surface area contributed by atoms with E-state index in [9.17, 15) is 0 Å². The number of nitrogens with one attached hydrogen (secondary N) is 2. The molecular weight excluding hydrogens is 216 g/mol. The summed E-state index contributed by atoms with van der Waals surface area (Å²) in [6.07, 6.45) is 2.11. The quantitative estimate of drug-likeness (QED) is 0.747. The van der Waals surface area contributed by atoms with Gasteiger partial charge in [-0.2, -0.15) is 5.10 Å². The van der Waals surface area contributed by atoms with Crippen molar-refractivity contribution in [3.63, 3.8) is 0 Å². The zero-order valence-electron chi connectivity index (χ0n) is 10.3. The Morgan fingerprint density at radius 1 is 1.24 bits per heavy atom. The molecule has 94 valence electrons. The predicted octanol–water partition coefficient (Wildman–Crippen LogP) is 1.00. The van der Waals surface area contributed by atoms with Gasteiger partial charge in [0.05, 0.1) is 5.69 Å². The van der Waals surface area contributed by atoms with Crippen molar-refractivity contribution >= 4 is 5.82 Å². The number of hydrogen-bond donors (Lipinski definition) is 2. The van der Waals surface area contributed by atoms with Crippen LogP contribution in [0.5, 0.6) is 0 Å². The Bertz CT molecular complexity index is 322. The first-order valence-electron chi connectivity index (χ1n) is 6.20. The van der Waals surface area contributed by atoms with Crippen LogP contribution >= 0.6 is 0 Å². The Hall–Kier alpha value is -1.20. The van der Waals surface area contributed by atoms with Gasteiger partial charge in [0.1, 0.15) is 5.82 Å². The molecule has 1 aliphatic rings. The minimum Gasteiger partial charge on any atom is -0.381 e. The first-order chi connectivity index (χ1) is 8.40. The molecule has 0 radical (unpaired) electrons. The lowest BCUT2D eigenvalue weighted by atomic mass is 9.96. The van der Waals surface area contributed by atoms with E-state index in [1.165, 1.54) is 0 Å². The van der Waals surface area contributed by atoms with E-state index in [0.29, 0.717) is 5.92 Å². The average Bonchev–Trinajstić information content (AvgIpc) is 2.41. The first-order valence-corrected chi connectivity index (χ1v) is 6.20. The van der Waals surface area contributed by atoms with Gasteiger partial charge in [-0.15, -0.1) is 5.10 Å². The van der Waals surface area contributed by atoms with Gasteiger partial charge in [0, 0.05) is 32.2 Å². The molecule has 0 spiro atoms. The van der Waals surface area contributed by atoms with Crippen molar-refractivity contribution in [1.29, 1.82) is 0 Å². The topological polar surface area (TPSA) is 59.1 Å². The van der Waals surface area contributed by atoms with Crippen LogP contribution in [0.2, 0.25) is 0 Å². The van der Waals surface area contributed by atoms with Gasteiger partial charge >= 0.3 is 0 Å². The summed E-state index contributed by atoms with van der Waals surface area (Å²) in [5, 5.41) is 14.8. The zero-order chi connectivity index (χ0) is 11.9.